The Balaban J connectivity index is 1.97. The molecule has 0 aliphatic heterocycles. The van der Waals surface area contributed by atoms with Crippen LogP contribution >= 0.6 is 11.3 Å². The molecule has 0 bridgehead atoms. The van der Waals surface area contributed by atoms with Gasteiger partial charge in [-0.2, -0.15) is 0 Å². The average molecular weight is 320 g/mol. The molecule has 0 unspecified atom stereocenters. The summed E-state index contributed by atoms with van der Waals surface area (Å²) >= 11 is 1.19. The predicted molar refractivity (Wildman–Crippen MR) is 90.9 cm³/mol. The number of rotatable bonds is 3. The maximum Gasteiger partial charge on any atom is 0.348 e. The molecular formula is C18H12N2O2S. The molecule has 0 atom stereocenters. The summed E-state index contributed by atoms with van der Waals surface area (Å²) in [6.45, 7) is 0. The second-order valence-electron chi connectivity index (χ2n) is 5.10. The van der Waals surface area contributed by atoms with Crippen molar-refractivity contribution in [1.29, 1.82) is 0 Å². The van der Waals surface area contributed by atoms with Crippen LogP contribution in [0.4, 0.5) is 0 Å². The number of imidazole rings is 1. The largest absolute Gasteiger partial charge is 0.477 e. The highest BCUT2D eigenvalue weighted by atomic mass is 32.1. The fourth-order valence-electron chi connectivity index (χ4n) is 2.60. The molecule has 4 rings (SSSR count). The van der Waals surface area contributed by atoms with Gasteiger partial charge in [-0.15, -0.1) is 0 Å². The second-order valence-corrected chi connectivity index (χ2v) is 6.07. The van der Waals surface area contributed by atoms with Crippen molar-refractivity contribution in [3.8, 4) is 22.5 Å². The van der Waals surface area contributed by atoms with Crippen molar-refractivity contribution in [2.24, 2.45) is 0 Å². The van der Waals surface area contributed by atoms with Crippen molar-refractivity contribution in [3.05, 3.63) is 71.7 Å². The zero-order valence-corrected chi connectivity index (χ0v) is 12.8. The van der Waals surface area contributed by atoms with Crippen molar-refractivity contribution in [1.82, 2.24) is 9.38 Å². The molecule has 2 aromatic carbocycles. The quantitative estimate of drug-likeness (QED) is 0.607. The Morgan fingerprint density at radius 3 is 2.17 bits per heavy atom. The lowest BCUT2D eigenvalue weighted by atomic mass is 10.1. The van der Waals surface area contributed by atoms with Gasteiger partial charge in [0.15, 0.2) is 4.96 Å². The number of thiazole rings is 1. The van der Waals surface area contributed by atoms with Crippen LogP contribution in [0, 0.1) is 0 Å². The SMILES string of the molecule is O=C(O)c1sc2nc(-c3ccccc3)cn2c1-c1ccccc1. The molecule has 1 N–H and O–H groups in total. The monoisotopic (exact) mass is 320 g/mol. The summed E-state index contributed by atoms with van der Waals surface area (Å²) in [5.41, 5.74) is 3.39. The van der Waals surface area contributed by atoms with Crippen LogP contribution in [0.15, 0.2) is 66.9 Å². The number of carboxylic acids is 1. The van der Waals surface area contributed by atoms with Gasteiger partial charge in [0, 0.05) is 17.3 Å². The molecule has 4 nitrogen and oxygen atoms in total. The molecule has 23 heavy (non-hydrogen) atoms. The molecule has 2 aromatic heterocycles. The van der Waals surface area contributed by atoms with Crippen molar-refractivity contribution in [2.45, 2.75) is 0 Å². The first-order valence-electron chi connectivity index (χ1n) is 7.10. The highest BCUT2D eigenvalue weighted by molar-refractivity contribution is 7.19. The van der Waals surface area contributed by atoms with Gasteiger partial charge in [-0.05, 0) is 0 Å². The van der Waals surface area contributed by atoms with Crippen LogP contribution in [0.25, 0.3) is 27.5 Å². The van der Waals surface area contributed by atoms with E-state index in [0.29, 0.717) is 15.5 Å². The maximum atomic E-state index is 11.6. The van der Waals surface area contributed by atoms with Gasteiger partial charge in [-0.25, -0.2) is 9.78 Å². The second kappa shape index (κ2) is 5.37. The van der Waals surface area contributed by atoms with Gasteiger partial charge < -0.3 is 5.11 Å². The normalized spacial score (nSPS) is 11.0. The van der Waals surface area contributed by atoms with Crippen molar-refractivity contribution in [2.75, 3.05) is 0 Å². The van der Waals surface area contributed by atoms with Gasteiger partial charge in [0.25, 0.3) is 0 Å². The Labute approximate surface area is 136 Å². The minimum Gasteiger partial charge on any atom is -0.477 e. The average Bonchev–Trinajstić information content (AvgIpc) is 3.14. The molecule has 0 radical (unpaired) electrons. The van der Waals surface area contributed by atoms with E-state index >= 15 is 0 Å². The molecule has 0 aliphatic rings. The van der Waals surface area contributed by atoms with E-state index in [-0.39, 0.29) is 0 Å². The van der Waals surface area contributed by atoms with Gasteiger partial charge in [-0.1, -0.05) is 72.0 Å². The molecule has 0 saturated heterocycles. The molecule has 0 fully saturated rings. The summed E-state index contributed by atoms with van der Waals surface area (Å²) in [6, 6.07) is 19.4. The van der Waals surface area contributed by atoms with Crippen LogP contribution in [-0.2, 0) is 0 Å². The smallest absolute Gasteiger partial charge is 0.348 e. The summed E-state index contributed by atoms with van der Waals surface area (Å²) in [7, 11) is 0. The lowest BCUT2D eigenvalue weighted by Gasteiger charge is -2.02. The summed E-state index contributed by atoms with van der Waals surface area (Å²) in [4.78, 5) is 17.2. The van der Waals surface area contributed by atoms with E-state index in [1.807, 2.05) is 71.3 Å². The van der Waals surface area contributed by atoms with Crippen LogP contribution in [0.3, 0.4) is 0 Å². The van der Waals surface area contributed by atoms with Crippen LogP contribution in [-0.4, -0.2) is 20.5 Å². The van der Waals surface area contributed by atoms with Gasteiger partial charge in [0.1, 0.15) is 4.88 Å². The van der Waals surface area contributed by atoms with E-state index < -0.39 is 5.97 Å². The molecule has 5 heteroatoms. The first-order chi connectivity index (χ1) is 11.2. The molecule has 4 aromatic rings. The molecule has 0 aliphatic carbocycles. The maximum absolute atomic E-state index is 11.6. The van der Waals surface area contributed by atoms with Gasteiger partial charge >= 0.3 is 5.97 Å². The number of nitrogens with zero attached hydrogens (tertiary/aromatic N) is 2. The van der Waals surface area contributed by atoms with Gasteiger partial charge in [-0.3, -0.25) is 4.40 Å². The van der Waals surface area contributed by atoms with Crippen molar-refractivity contribution in [3.63, 3.8) is 0 Å². The fourth-order valence-corrected chi connectivity index (χ4v) is 3.57. The van der Waals surface area contributed by atoms with E-state index in [2.05, 4.69) is 4.98 Å². The van der Waals surface area contributed by atoms with E-state index in [1.54, 1.807) is 0 Å². The number of benzene rings is 2. The lowest BCUT2D eigenvalue weighted by molar-refractivity contribution is 0.0702. The van der Waals surface area contributed by atoms with Crippen molar-refractivity contribution < 1.29 is 9.90 Å². The fraction of sp³-hybridized carbons (Fsp3) is 0. The molecule has 0 spiro atoms. The Morgan fingerprint density at radius 2 is 1.57 bits per heavy atom. The van der Waals surface area contributed by atoms with E-state index in [1.165, 1.54) is 11.3 Å². The summed E-state index contributed by atoms with van der Waals surface area (Å²) < 4.78 is 1.87. The lowest BCUT2D eigenvalue weighted by Crippen LogP contribution is -1.97. The summed E-state index contributed by atoms with van der Waals surface area (Å²) in [6.07, 6.45) is 1.90. The number of hydrogen-bond acceptors (Lipinski definition) is 3. The number of carboxylic acid groups (broad SMARTS) is 1. The number of fused-ring (bicyclic) bond motifs is 1. The van der Waals surface area contributed by atoms with E-state index in [0.717, 1.165) is 16.8 Å². The number of carbonyl (C=O) groups is 1. The third-order valence-electron chi connectivity index (χ3n) is 3.63. The number of aromatic nitrogens is 2. The Bertz CT molecular complexity index is 988. The van der Waals surface area contributed by atoms with Crippen LogP contribution in [0.2, 0.25) is 0 Å². The van der Waals surface area contributed by atoms with E-state index in [4.69, 9.17) is 0 Å². The zero-order chi connectivity index (χ0) is 15.8. The third-order valence-corrected chi connectivity index (χ3v) is 4.68. The highest BCUT2D eigenvalue weighted by Gasteiger charge is 2.21. The van der Waals surface area contributed by atoms with Crippen molar-refractivity contribution >= 4 is 22.3 Å². The van der Waals surface area contributed by atoms with E-state index in [9.17, 15) is 9.90 Å². The molecule has 112 valence electrons. The summed E-state index contributed by atoms with van der Waals surface area (Å²) in [5.74, 6) is -0.930. The molecule has 2 heterocycles. The van der Waals surface area contributed by atoms with Gasteiger partial charge in [0.05, 0.1) is 11.4 Å². The summed E-state index contributed by atoms with van der Waals surface area (Å²) in [5, 5.41) is 9.50. The zero-order valence-electron chi connectivity index (χ0n) is 12.0. The van der Waals surface area contributed by atoms with Crippen LogP contribution in [0.1, 0.15) is 9.67 Å². The van der Waals surface area contributed by atoms with Gasteiger partial charge in [0.2, 0.25) is 0 Å². The number of aromatic carboxylic acids is 1. The first kappa shape index (κ1) is 13.7. The molecular weight excluding hydrogens is 308 g/mol. The standard InChI is InChI=1S/C18H12N2O2S/c21-17(22)16-15(13-9-5-2-6-10-13)20-11-14(19-18(20)23-16)12-7-3-1-4-8-12/h1-11H,(H,21,22). The Kier molecular flexibility index (Phi) is 3.20. The Hall–Kier alpha value is -2.92. The minimum absolute atomic E-state index is 0.304. The van der Waals surface area contributed by atoms with Crippen LogP contribution in [0.5, 0.6) is 0 Å². The Morgan fingerprint density at radius 1 is 0.957 bits per heavy atom. The van der Waals surface area contributed by atoms with Crippen LogP contribution < -0.4 is 0 Å². The highest BCUT2D eigenvalue weighted by Crippen LogP contribution is 2.33. The third kappa shape index (κ3) is 2.31. The number of hydrogen-bond donors (Lipinski definition) is 1. The topological polar surface area (TPSA) is 54.6 Å². The first-order valence-corrected chi connectivity index (χ1v) is 7.92. The predicted octanol–water partition coefficient (Wildman–Crippen LogP) is 4.43. The molecule has 0 saturated carbocycles. The minimum atomic E-state index is -0.930. The molecule has 0 amide bonds.